The number of nitrogens with two attached hydrogens (primary N) is 1. The lowest BCUT2D eigenvalue weighted by atomic mass is 9.49. The minimum absolute atomic E-state index is 0.0122. The molecule has 5 aromatic heterocycles. The van der Waals surface area contributed by atoms with Crippen LogP contribution < -0.4 is 35.5 Å². The molecule has 132 heavy (non-hydrogen) atoms. The fourth-order valence-corrected chi connectivity index (χ4v) is 14.1. The molecule has 37 heteroatoms. The van der Waals surface area contributed by atoms with Crippen molar-refractivity contribution in [3.05, 3.63) is 238 Å². The van der Waals surface area contributed by atoms with Gasteiger partial charge >= 0.3 is 21.1 Å². The number of aromatic nitrogens is 10. The molecule has 19 rings (SSSR count). The molecule has 29 nitrogen and oxygen atoms in total. The molecule has 3 saturated heterocycles. The Morgan fingerprint density at radius 3 is 1.30 bits per heavy atom. The van der Waals surface area contributed by atoms with Crippen molar-refractivity contribution in [3.8, 4) is 81.6 Å². The Morgan fingerprint density at radius 2 is 0.886 bits per heavy atom. The van der Waals surface area contributed by atoms with Gasteiger partial charge in [0.25, 0.3) is 0 Å². The van der Waals surface area contributed by atoms with E-state index in [-0.39, 0.29) is 49.9 Å². The first-order valence-electron chi connectivity index (χ1n) is 41.8. The second-order valence-electron chi connectivity index (χ2n) is 34.3. The third-order valence-corrected chi connectivity index (χ3v) is 24.3. The Labute approximate surface area is 800 Å². The van der Waals surface area contributed by atoms with E-state index in [0.29, 0.717) is 83.8 Å². The molecule has 9 aliphatic rings. The number of ether oxygens (including phenoxy) is 4. The number of halogens is 5. The molecule has 0 amide bonds. The first kappa shape index (κ1) is 101. The zero-order valence-electron chi connectivity index (χ0n) is 75.5. The Bertz CT molecular complexity index is 6220. The van der Waals surface area contributed by atoms with Crippen LogP contribution in [0.5, 0.6) is 28.7 Å². The molecule has 4 N–H and O–H groups in total. The largest absolute Gasteiger partial charge is 0.507 e. The van der Waals surface area contributed by atoms with E-state index in [0.717, 1.165) is 110 Å². The molecule has 0 radical (unpaired) electrons. The number of benzene rings is 5. The fraction of sp³-hybridized carbons (Fsp3) is 0.326. The van der Waals surface area contributed by atoms with Gasteiger partial charge < -0.3 is 63.0 Å². The fourth-order valence-electron chi connectivity index (χ4n) is 12.9. The van der Waals surface area contributed by atoms with Crippen molar-refractivity contribution in [2.75, 3.05) is 37.5 Å². The summed E-state index contributed by atoms with van der Waals surface area (Å²) in [6.45, 7) is 34.5. The summed E-state index contributed by atoms with van der Waals surface area (Å²) >= 11 is 23.4. The van der Waals surface area contributed by atoms with E-state index < -0.39 is 21.1 Å². The number of fused-ring (bicyclic) bond motifs is 4. The zero-order valence-corrected chi connectivity index (χ0v) is 81.0. The Balaban J connectivity index is 0.000000149. The van der Waals surface area contributed by atoms with Crippen molar-refractivity contribution in [2.45, 2.75) is 175 Å². The number of anilines is 3. The van der Waals surface area contributed by atoms with Crippen molar-refractivity contribution in [3.63, 3.8) is 0 Å². The maximum Gasteiger partial charge on any atom is 0.494 e. The van der Waals surface area contributed by atoms with E-state index >= 15 is 0 Å². The average molecular weight is 1970 g/mol. The molecule has 678 valence electrons. The van der Waals surface area contributed by atoms with Crippen LogP contribution in [0.15, 0.2) is 178 Å². The first-order valence-corrected chi connectivity index (χ1v) is 44.6. The number of hydrogen-bond donors (Lipinski definition) is 3. The second-order valence-corrected chi connectivity index (χ2v) is 37.2. The van der Waals surface area contributed by atoms with Gasteiger partial charge in [-0.1, -0.05) is 62.2 Å². The average Bonchev–Trinajstić information content (AvgIpc) is 1.59. The number of aldehydes is 1. The first-order chi connectivity index (χ1) is 62.6. The normalized spacial score (nSPS) is 17.1. The smallest absolute Gasteiger partial charge is 0.494 e. The number of carbonyl (C=O) groups is 1. The van der Waals surface area contributed by atoms with Gasteiger partial charge in [-0.05, 0) is 272 Å². The van der Waals surface area contributed by atoms with E-state index in [9.17, 15) is 4.79 Å². The molecule has 5 fully saturated rings. The van der Waals surface area contributed by atoms with Crippen LogP contribution in [0.3, 0.4) is 0 Å². The number of rotatable bonds is 9. The van der Waals surface area contributed by atoms with Crippen LogP contribution in [0.4, 0.5) is 17.3 Å². The molecule has 0 spiro atoms. The van der Waals surface area contributed by atoms with Crippen LogP contribution in [0.2, 0.25) is 15.7 Å². The molecule has 10 aromatic rings. The van der Waals surface area contributed by atoms with Gasteiger partial charge in [-0.15, -0.1) is 0 Å². The molecule has 12 heterocycles. The summed E-state index contributed by atoms with van der Waals surface area (Å²) in [5.74, 6) is 3.71. The summed E-state index contributed by atoms with van der Waals surface area (Å²) in [4.78, 5) is 34.9. The maximum absolute atomic E-state index is 10.2. The summed E-state index contributed by atoms with van der Waals surface area (Å²) in [6.07, 6.45) is 26.6. The summed E-state index contributed by atoms with van der Waals surface area (Å²) in [5.41, 5.74) is 18.5. The van der Waals surface area contributed by atoms with Gasteiger partial charge in [0.15, 0.2) is 6.29 Å². The predicted molar refractivity (Wildman–Crippen MR) is 517 cm³/mol. The number of hydrogen-bond acceptors (Lipinski definition) is 27. The highest BCUT2D eigenvalue weighted by Crippen LogP contribution is 2.45. The topological polar surface area (TPSA) is 400 Å². The van der Waals surface area contributed by atoms with E-state index in [4.69, 9.17) is 124 Å². The quantitative estimate of drug-likeness (QED) is 0.0397. The summed E-state index contributed by atoms with van der Waals surface area (Å²) < 4.78 is 63.7. The highest BCUT2D eigenvalue weighted by molar-refractivity contribution is 9.10. The van der Waals surface area contributed by atoms with Crippen molar-refractivity contribution < 1.29 is 56.8 Å². The number of carbonyl (C=O) groups excluding carboxylic acids is 1. The van der Waals surface area contributed by atoms with Gasteiger partial charge in [0.2, 0.25) is 16.5 Å². The maximum atomic E-state index is 10.2. The minimum Gasteiger partial charge on any atom is -0.507 e. The summed E-state index contributed by atoms with van der Waals surface area (Å²) in [6, 6.07) is 39.3. The molecule has 0 atom stereocenters. The number of nitriles is 5. The highest BCUT2D eigenvalue weighted by atomic mass is 79.9. The number of allylic oxidation sites excluding steroid dienone is 1. The molecule has 0 unspecified atom stereocenters. The lowest BCUT2D eigenvalue weighted by Gasteiger charge is -2.32. The van der Waals surface area contributed by atoms with E-state index in [1.807, 2.05) is 229 Å². The molecule has 2 aliphatic carbocycles. The van der Waals surface area contributed by atoms with Gasteiger partial charge in [-0.2, -0.15) is 36.5 Å². The number of phenolic OH excluding ortho intramolecular Hbond substituents is 1. The van der Waals surface area contributed by atoms with Crippen LogP contribution in [0.25, 0.3) is 46.8 Å². The van der Waals surface area contributed by atoms with Gasteiger partial charge in [0, 0.05) is 84.9 Å². The molecular weight excluding hydrogens is 1870 g/mol. The van der Waals surface area contributed by atoms with Gasteiger partial charge in [-0.3, -0.25) is 14.2 Å². The number of aromatic hydroxyl groups is 1. The van der Waals surface area contributed by atoms with Crippen LogP contribution in [0.1, 0.15) is 170 Å². The van der Waals surface area contributed by atoms with E-state index in [1.165, 1.54) is 37.8 Å². The van der Waals surface area contributed by atoms with Crippen LogP contribution in [0, 0.1) is 77.4 Å². The summed E-state index contributed by atoms with van der Waals surface area (Å²) in [5, 5.41) is 64.7. The predicted octanol–water partition coefficient (Wildman–Crippen LogP) is 20.3. The Hall–Kier alpha value is -12.0. The van der Waals surface area contributed by atoms with E-state index in [2.05, 4.69) is 103 Å². The Morgan fingerprint density at radius 1 is 0.500 bits per heavy atom. The summed E-state index contributed by atoms with van der Waals surface area (Å²) in [7, 11) is -1.35. The minimum atomic E-state index is -0.476. The molecule has 7 aliphatic heterocycles. The molecule has 5 aromatic carbocycles. The van der Waals surface area contributed by atoms with E-state index in [1.54, 1.807) is 43.0 Å². The van der Waals surface area contributed by atoms with Crippen molar-refractivity contribution in [1.82, 2.24) is 49.5 Å². The monoisotopic (exact) mass is 1960 g/mol. The van der Waals surface area contributed by atoms with Crippen LogP contribution in [-0.2, 0) is 27.9 Å². The lowest BCUT2D eigenvalue weighted by Crippen LogP contribution is -2.41. The third-order valence-electron chi connectivity index (χ3n) is 22.6. The number of nitrogens with one attached hydrogen (secondary N) is 1. The zero-order chi connectivity index (χ0) is 95.8. The van der Waals surface area contributed by atoms with Crippen LogP contribution in [-0.4, -0.2) is 142 Å². The number of nitrogen functional groups attached to an aromatic ring is 1. The number of aryl methyl sites for hydroxylation is 3. The van der Waals surface area contributed by atoms with Gasteiger partial charge in [0.05, 0.1) is 139 Å². The molecular formula is C95H97B3Br2Cl3N17O12. The lowest BCUT2D eigenvalue weighted by molar-refractivity contribution is 0.00578. The molecule has 0 bridgehead atoms. The third kappa shape index (κ3) is 26.2. The van der Waals surface area contributed by atoms with Crippen molar-refractivity contribution in [1.29, 1.82) is 26.3 Å². The number of phenols is 1. The van der Waals surface area contributed by atoms with Crippen molar-refractivity contribution in [2.24, 2.45) is 0 Å². The van der Waals surface area contributed by atoms with Crippen molar-refractivity contribution >= 4 is 141 Å². The SMILES string of the molecule is C=CC#N.CC1(C)OB(B2OC(C)(C)C(C)(C)O2)OC1(C)C.CC1(C)OB(c2ccc3c(c2)C=C(C#N)CO3)OC1(C)C.Cc1cnc(Cl)nc1-c1ccc2c(c1)C=C(C#N)CO2.Cc1cnc(Cl)nc1Cl.Cc1cnc(Nc2cnn(C3CC3)c2)nc1-c1ccc2c(c1)C=C(C#N)CO2.N#CC1=Cc2cc(Br)ccc2OC1.Nc1cnn(C2CC2)c1.O=Cc1cc(Br)ccc1O. The number of nitrogens with zero attached hydrogens (tertiary/aromatic N) is 15. The molecule has 2 saturated carbocycles. The van der Waals surface area contributed by atoms with Gasteiger partial charge in [0.1, 0.15) is 60.3 Å². The standard InChI is InChI=1S/C21H18N6O.C16H18BNO3.C15H10ClN3O.C12H24B2O4.C10H6BrNO.C7H5BrO2.C6H9N3.C5H4Cl2N2.C3H3N/c1-13-9-23-21(25-17-10-24-27(11-17)18-3-4-18)26-20(13)15-2-5-19-16(7-15)6-14(8-22)12-28-19;1-15(2)16(3,4)21-17(20-15)13-5-6-14-12(8-13)7-11(9-18)10-19-14;1-9-7-18-15(16)19-14(9)11-2-3-13-12(5-11)4-10(6-17)8-20-13;1-9(2)10(3,4)16-13(15-9)14-17-11(5,6)12(7,8)18-14;11-9-1-2-10-8(4-9)3-7(5-12)6-13-10;8-6-1-2-7(10)5(3-6)4-9;7-5-3-8-9(4-5)6-1-2-6;1-3-2-8-5(7)9-4(3)6;1-2-3-4/h2,5-7,9-11,18H,3-4,12H2,1H3,(H,23,25,26);5-8H,10H2,1-4H3;2-5,7H,8H2,1H3;1-8H3;1-4H,6H2;1-4,10H;3-4,6H,1-2,7H2;2H,1H3;2H,1H2. The highest BCUT2D eigenvalue weighted by Gasteiger charge is 2.64. The van der Waals surface area contributed by atoms with Gasteiger partial charge in [-0.25, -0.2) is 29.9 Å². The second kappa shape index (κ2) is 43.6. The Kier molecular flexibility index (Phi) is 33.2. The van der Waals surface area contributed by atoms with Crippen LogP contribution >= 0.6 is 66.7 Å².